The molecule has 1 rings (SSSR count). The third-order valence-corrected chi connectivity index (χ3v) is 3.45. The standard InChI is InChI=1S/C20H30N2O4/c1-7-22(13-19(23)21-14(2)3)20(24)11-9-16-8-10-17(26-15(4)5)18(12-16)25-6/h8-12,14-15H,7,13H2,1-6H3,(H,21,23)/b11-9+. The van der Waals surface area contributed by atoms with Crippen LogP contribution in [0.5, 0.6) is 11.5 Å². The molecule has 26 heavy (non-hydrogen) atoms. The first-order valence-corrected chi connectivity index (χ1v) is 8.87. The molecule has 0 aliphatic heterocycles. The maximum Gasteiger partial charge on any atom is 0.247 e. The zero-order valence-corrected chi connectivity index (χ0v) is 16.5. The molecule has 1 aromatic rings. The van der Waals surface area contributed by atoms with E-state index in [-0.39, 0.29) is 30.5 Å². The predicted octanol–water partition coefficient (Wildman–Crippen LogP) is 2.87. The lowest BCUT2D eigenvalue weighted by molar-refractivity contribution is -0.132. The van der Waals surface area contributed by atoms with Crippen LogP contribution in [0.3, 0.4) is 0 Å². The largest absolute Gasteiger partial charge is 0.493 e. The summed E-state index contributed by atoms with van der Waals surface area (Å²) in [7, 11) is 1.58. The average molecular weight is 362 g/mol. The van der Waals surface area contributed by atoms with Crippen LogP contribution >= 0.6 is 0 Å². The highest BCUT2D eigenvalue weighted by Crippen LogP contribution is 2.29. The molecule has 144 valence electrons. The molecule has 0 radical (unpaired) electrons. The van der Waals surface area contributed by atoms with E-state index in [0.717, 1.165) is 5.56 Å². The van der Waals surface area contributed by atoms with Crippen LogP contribution in [0.2, 0.25) is 0 Å². The lowest BCUT2D eigenvalue weighted by atomic mass is 10.2. The second kappa shape index (κ2) is 10.5. The Hall–Kier alpha value is -2.50. The van der Waals surface area contributed by atoms with E-state index in [4.69, 9.17) is 9.47 Å². The van der Waals surface area contributed by atoms with Crippen LogP contribution in [0.15, 0.2) is 24.3 Å². The monoisotopic (exact) mass is 362 g/mol. The van der Waals surface area contributed by atoms with Gasteiger partial charge in [-0.3, -0.25) is 9.59 Å². The molecule has 2 amide bonds. The smallest absolute Gasteiger partial charge is 0.247 e. The molecule has 0 atom stereocenters. The van der Waals surface area contributed by atoms with Gasteiger partial charge < -0.3 is 19.7 Å². The molecule has 0 fully saturated rings. The summed E-state index contributed by atoms with van der Waals surface area (Å²) < 4.78 is 11.0. The van der Waals surface area contributed by atoms with Crippen molar-refractivity contribution in [2.45, 2.75) is 46.8 Å². The van der Waals surface area contributed by atoms with Gasteiger partial charge in [0, 0.05) is 18.7 Å². The molecular weight excluding hydrogens is 332 g/mol. The second-order valence-electron chi connectivity index (χ2n) is 6.48. The van der Waals surface area contributed by atoms with Gasteiger partial charge >= 0.3 is 0 Å². The number of hydrogen-bond acceptors (Lipinski definition) is 4. The SMILES string of the molecule is CCN(CC(=O)NC(C)C)C(=O)/C=C/c1ccc(OC(C)C)c(OC)c1. The zero-order valence-electron chi connectivity index (χ0n) is 16.5. The molecule has 0 unspecified atom stereocenters. The molecule has 0 saturated heterocycles. The third kappa shape index (κ3) is 7.17. The van der Waals surface area contributed by atoms with Crippen molar-refractivity contribution in [2.75, 3.05) is 20.2 Å². The van der Waals surface area contributed by atoms with Crippen molar-refractivity contribution in [3.05, 3.63) is 29.8 Å². The second-order valence-corrected chi connectivity index (χ2v) is 6.48. The summed E-state index contributed by atoms with van der Waals surface area (Å²) in [5.41, 5.74) is 0.814. The molecule has 1 N–H and O–H groups in total. The molecule has 0 aliphatic rings. The molecule has 0 aliphatic carbocycles. The average Bonchev–Trinajstić information content (AvgIpc) is 2.57. The van der Waals surface area contributed by atoms with Crippen LogP contribution in [0.25, 0.3) is 6.08 Å². The van der Waals surface area contributed by atoms with E-state index < -0.39 is 0 Å². The van der Waals surface area contributed by atoms with Crippen LogP contribution in [0.4, 0.5) is 0 Å². The molecule has 1 aromatic carbocycles. The zero-order chi connectivity index (χ0) is 19.7. The third-order valence-electron chi connectivity index (χ3n) is 3.45. The first kappa shape index (κ1) is 21.5. The first-order chi connectivity index (χ1) is 12.3. The topological polar surface area (TPSA) is 67.9 Å². The number of methoxy groups -OCH3 is 1. The summed E-state index contributed by atoms with van der Waals surface area (Å²) in [5.74, 6) is 0.886. The van der Waals surface area contributed by atoms with Gasteiger partial charge in [0.25, 0.3) is 0 Å². The highest BCUT2D eigenvalue weighted by Gasteiger charge is 2.14. The summed E-state index contributed by atoms with van der Waals surface area (Å²) >= 11 is 0. The number of nitrogens with zero attached hydrogens (tertiary/aromatic N) is 1. The Bertz CT molecular complexity index is 639. The van der Waals surface area contributed by atoms with Crippen LogP contribution in [-0.2, 0) is 9.59 Å². The van der Waals surface area contributed by atoms with Gasteiger partial charge in [0.05, 0.1) is 19.8 Å². The molecule has 0 bridgehead atoms. The number of benzene rings is 1. The lowest BCUT2D eigenvalue weighted by Gasteiger charge is -2.19. The minimum Gasteiger partial charge on any atom is -0.493 e. The number of ether oxygens (including phenoxy) is 2. The predicted molar refractivity (Wildman–Crippen MR) is 103 cm³/mol. The van der Waals surface area contributed by atoms with Crippen molar-refractivity contribution in [1.29, 1.82) is 0 Å². The number of rotatable bonds is 9. The quantitative estimate of drug-likeness (QED) is 0.686. The Labute approximate surface area is 156 Å². The number of carbonyl (C=O) groups is 2. The first-order valence-electron chi connectivity index (χ1n) is 8.87. The van der Waals surface area contributed by atoms with Crippen molar-refractivity contribution in [1.82, 2.24) is 10.2 Å². The lowest BCUT2D eigenvalue weighted by Crippen LogP contribution is -2.42. The van der Waals surface area contributed by atoms with Gasteiger partial charge in [-0.2, -0.15) is 0 Å². The molecule has 0 aromatic heterocycles. The molecule has 0 spiro atoms. The van der Waals surface area contributed by atoms with E-state index >= 15 is 0 Å². The van der Waals surface area contributed by atoms with E-state index in [1.165, 1.54) is 11.0 Å². The summed E-state index contributed by atoms with van der Waals surface area (Å²) in [6, 6.07) is 5.52. The highest BCUT2D eigenvalue weighted by atomic mass is 16.5. The van der Waals surface area contributed by atoms with Gasteiger partial charge in [0.15, 0.2) is 11.5 Å². The van der Waals surface area contributed by atoms with Crippen LogP contribution in [0.1, 0.15) is 40.2 Å². The Morgan fingerprint density at radius 1 is 1.19 bits per heavy atom. The number of nitrogens with one attached hydrogen (secondary N) is 1. The Balaban J connectivity index is 2.81. The van der Waals surface area contributed by atoms with Crippen molar-refractivity contribution in [3.63, 3.8) is 0 Å². The Kier molecular flexibility index (Phi) is 8.68. The number of hydrogen-bond donors (Lipinski definition) is 1. The van der Waals surface area contributed by atoms with Crippen LogP contribution < -0.4 is 14.8 Å². The van der Waals surface area contributed by atoms with Crippen LogP contribution in [0, 0.1) is 0 Å². The van der Waals surface area contributed by atoms with Crippen molar-refractivity contribution in [3.8, 4) is 11.5 Å². The maximum atomic E-state index is 12.3. The molecular formula is C20H30N2O4. The normalized spacial score (nSPS) is 11.1. The van der Waals surface area contributed by atoms with Crippen molar-refractivity contribution >= 4 is 17.9 Å². The fourth-order valence-corrected chi connectivity index (χ4v) is 2.30. The van der Waals surface area contributed by atoms with E-state index in [0.29, 0.717) is 18.0 Å². The minimum atomic E-state index is -0.215. The fourth-order valence-electron chi connectivity index (χ4n) is 2.30. The minimum absolute atomic E-state index is 0.0435. The van der Waals surface area contributed by atoms with Crippen molar-refractivity contribution in [2.24, 2.45) is 0 Å². The van der Waals surface area contributed by atoms with Gasteiger partial charge in [0.1, 0.15) is 0 Å². The van der Waals surface area contributed by atoms with Gasteiger partial charge in [0.2, 0.25) is 11.8 Å². The summed E-state index contributed by atoms with van der Waals surface area (Å²) in [6.07, 6.45) is 3.21. The fraction of sp³-hybridized carbons (Fsp3) is 0.500. The molecule has 0 saturated carbocycles. The maximum absolute atomic E-state index is 12.3. The summed E-state index contributed by atoms with van der Waals surface area (Å²) in [4.78, 5) is 25.7. The van der Waals surface area contributed by atoms with E-state index in [1.807, 2.05) is 52.8 Å². The van der Waals surface area contributed by atoms with Gasteiger partial charge in [-0.1, -0.05) is 6.07 Å². The number of likely N-dealkylation sites (N-methyl/N-ethyl adjacent to an activating group) is 1. The molecule has 0 heterocycles. The number of amides is 2. The van der Waals surface area contributed by atoms with E-state index in [2.05, 4.69) is 5.32 Å². The van der Waals surface area contributed by atoms with Gasteiger partial charge in [-0.05, 0) is 58.4 Å². The Morgan fingerprint density at radius 2 is 1.88 bits per heavy atom. The van der Waals surface area contributed by atoms with Crippen LogP contribution in [-0.4, -0.2) is 49.1 Å². The van der Waals surface area contributed by atoms with E-state index in [1.54, 1.807) is 13.2 Å². The number of carbonyl (C=O) groups excluding carboxylic acids is 2. The highest BCUT2D eigenvalue weighted by molar-refractivity contribution is 5.94. The molecule has 6 nitrogen and oxygen atoms in total. The Morgan fingerprint density at radius 3 is 2.42 bits per heavy atom. The summed E-state index contributed by atoms with van der Waals surface area (Å²) in [5, 5.41) is 2.79. The van der Waals surface area contributed by atoms with Crippen molar-refractivity contribution < 1.29 is 19.1 Å². The van der Waals surface area contributed by atoms with Gasteiger partial charge in [-0.15, -0.1) is 0 Å². The van der Waals surface area contributed by atoms with E-state index in [9.17, 15) is 9.59 Å². The summed E-state index contributed by atoms with van der Waals surface area (Å²) in [6.45, 7) is 10.0. The molecule has 6 heteroatoms. The van der Waals surface area contributed by atoms with Gasteiger partial charge in [-0.25, -0.2) is 0 Å².